The lowest BCUT2D eigenvalue weighted by Gasteiger charge is -2.41. The summed E-state index contributed by atoms with van der Waals surface area (Å²) in [5, 5.41) is 2.71. The van der Waals surface area contributed by atoms with Gasteiger partial charge in [-0.25, -0.2) is 8.78 Å². The van der Waals surface area contributed by atoms with Crippen molar-refractivity contribution in [2.75, 3.05) is 11.9 Å². The zero-order chi connectivity index (χ0) is 26.0. The van der Waals surface area contributed by atoms with Crippen molar-refractivity contribution < 1.29 is 23.1 Å². The van der Waals surface area contributed by atoms with Crippen molar-refractivity contribution in [3.8, 4) is 5.75 Å². The van der Waals surface area contributed by atoms with E-state index in [0.717, 1.165) is 11.1 Å². The Labute approximate surface area is 210 Å². The molecule has 4 rings (SSSR count). The Balaban J connectivity index is 1.63. The molecule has 36 heavy (non-hydrogen) atoms. The number of carbonyl (C=O) groups excluding carboxylic acids is 2. The van der Waals surface area contributed by atoms with Crippen LogP contribution in [0.15, 0.2) is 66.7 Å². The van der Waals surface area contributed by atoms with Gasteiger partial charge >= 0.3 is 0 Å². The highest BCUT2D eigenvalue weighted by Crippen LogP contribution is 2.39. The molecule has 2 unspecified atom stereocenters. The summed E-state index contributed by atoms with van der Waals surface area (Å²) in [5.74, 6) is -0.715. The van der Waals surface area contributed by atoms with Crippen LogP contribution in [0.2, 0.25) is 0 Å². The second-order valence-corrected chi connectivity index (χ2v) is 10.1. The third kappa shape index (κ3) is 5.56. The minimum atomic E-state index is -0.836. The topological polar surface area (TPSA) is 58.6 Å². The molecule has 0 fully saturated rings. The third-order valence-electron chi connectivity index (χ3n) is 6.21. The van der Waals surface area contributed by atoms with Gasteiger partial charge in [-0.15, -0.1) is 0 Å². The van der Waals surface area contributed by atoms with E-state index in [2.05, 4.69) is 5.32 Å². The second-order valence-electron chi connectivity index (χ2n) is 10.1. The fourth-order valence-corrected chi connectivity index (χ4v) is 4.39. The van der Waals surface area contributed by atoms with E-state index in [4.69, 9.17) is 4.74 Å². The van der Waals surface area contributed by atoms with E-state index < -0.39 is 23.4 Å². The van der Waals surface area contributed by atoms with Gasteiger partial charge in [-0.2, -0.15) is 0 Å². The minimum Gasteiger partial charge on any atom is -0.481 e. The van der Waals surface area contributed by atoms with Crippen LogP contribution in [0.25, 0.3) is 0 Å². The lowest BCUT2D eigenvalue weighted by molar-refractivity contribution is -0.141. The number of nitrogens with one attached hydrogen (secondary N) is 1. The maximum atomic E-state index is 14.2. The quantitative estimate of drug-likeness (QED) is 0.483. The SMILES string of the molecule is CC(Oc1ccc2c(c1)C(c1cccc(F)c1)N(C(=O)C(C)(C)C)CC2)C(=O)Nc1ccc(F)cc1. The maximum absolute atomic E-state index is 14.2. The monoisotopic (exact) mass is 492 g/mol. The zero-order valence-electron chi connectivity index (χ0n) is 20.8. The number of amides is 2. The molecule has 0 saturated carbocycles. The average Bonchev–Trinajstić information content (AvgIpc) is 2.83. The van der Waals surface area contributed by atoms with Gasteiger partial charge in [0.2, 0.25) is 5.91 Å². The number of fused-ring (bicyclic) bond motifs is 1. The van der Waals surface area contributed by atoms with Crippen LogP contribution in [0, 0.1) is 17.0 Å². The van der Waals surface area contributed by atoms with E-state index in [1.807, 2.05) is 39.0 Å². The predicted molar refractivity (Wildman–Crippen MR) is 135 cm³/mol. The Morgan fingerprint density at radius 1 is 1.00 bits per heavy atom. The third-order valence-corrected chi connectivity index (χ3v) is 6.21. The van der Waals surface area contributed by atoms with Crippen LogP contribution in [0.5, 0.6) is 5.75 Å². The van der Waals surface area contributed by atoms with Crippen LogP contribution in [-0.2, 0) is 16.0 Å². The Kier molecular flexibility index (Phi) is 7.11. The van der Waals surface area contributed by atoms with E-state index in [1.165, 1.54) is 36.4 Å². The lowest BCUT2D eigenvalue weighted by Crippen LogP contribution is -2.45. The molecule has 0 aliphatic carbocycles. The van der Waals surface area contributed by atoms with Crippen LogP contribution in [0.1, 0.15) is 50.4 Å². The summed E-state index contributed by atoms with van der Waals surface area (Å²) in [6, 6.07) is 16.8. The maximum Gasteiger partial charge on any atom is 0.265 e. The predicted octanol–water partition coefficient (Wildman–Crippen LogP) is 5.89. The summed E-state index contributed by atoms with van der Waals surface area (Å²) in [7, 11) is 0. The van der Waals surface area contributed by atoms with Gasteiger partial charge in [0.05, 0.1) is 6.04 Å². The van der Waals surface area contributed by atoms with E-state index in [1.54, 1.807) is 24.0 Å². The molecule has 1 N–H and O–H groups in total. The molecule has 188 valence electrons. The van der Waals surface area contributed by atoms with Gasteiger partial charge in [-0.3, -0.25) is 9.59 Å². The normalized spacial score (nSPS) is 16.2. The molecule has 5 nitrogen and oxygen atoms in total. The number of benzene rings is 3. The molecule has 1 aliphatic rings. The molecule has 7 heteroatoms. The number of ether oxygens (including phenoxy) is 1. The van der Waals surface area contributed by atoms with Gasteiger partial charge in [-0.05, 0) is 78.6 Å². The van der Waals surface area contributed by atoms with Gasteiger partial charge in [0, 0.05) is 17.6 Å². The first kappa shape index (κ1) is 25.4. The molecule has 1 heterocycles. The molecule has 2 atom stereocenters. The standard InChI is InChI=1S/C29H30F2N2O3/c1-18(27(34)32-23-11-9-21(30)10-12-23)36-24-13-8-19-14-15-33(28(35)29(2,3)4)26(25(19)17-24)20-6-5-7-22(31)16-20/h5-13,16-18,26H,14-15H2,1-4H3,(H,32,34). The Morgan fingerprint density at radius 2 is 1.72 bits per heavy atom. The smallest absolute Gasteiger partial charge is 0.265 e. The second kappa shape index (κ2) is 10.1. The van der Waals surface area contributed by atoms with Gasteiger partial charge in [0.25, 0.3) is 5.91 Å². The number of anilines is 1. The van der Waals surface area contributed by atoms with Crippen LogP contribution in [-0.4, -0.2) is 29.4 Å². The highest BCUT2D eigenvalue weighted by Gasteiger charge is 2.37. The summed E-state index contributed by atoms with van der Waals surface area (Å²) < 4.78 is 33.3. The van der Waals surface area contributed by atoms with Crippen molar-refractivity contribution in [2.45, 2.75) is 46.3 Å². The van der Waals surface area contributed by atoms with E-state index in [-0.39, 0.29) is 17.6 Å². The van der Waals surface area contributed by atoms with Crippen molar-refractivity contribution in [2.24, 2.45) is 5.41 Å². The van der Waals surface area contributed by atoms with Crippen molar-refractivity contribution in [3.63, 3.8) is 0 Å². The first-order valence-corrected chi connectivity index (χ1v) is 12.0. The number of hydrogen-bond acceptors (Lipinski definition) is 3. The molecule has 0 bridgehead atoms. The largest absolute Gasteiger partial charge is 0.481 e. The fourth-order valence-electron chi connectivity index (χ4n) is 4.39. The van der Waals surface area contributed by atoms with Gasteiger partial charge < -0.3 is 15.0 Å². The summed E-state index contributed by atoms with van der Waals surface area (Å²) in [4.78, 5) is 27.8. The first-order chi connectivity index (χ1) is 17.0. The summed E-state index contributed by atoms with van der Waals surface area (Å²) in [6.07, 6.45) is -0.180. The summed E-state index contributed by atoms with van der Waals surface area (Å²) in [6.45, 7) is 7.75. The van der Waals surface area contributed by atoms with Gasteiger partial charge in [0.1, 0.15) is 17.4 Å². The summed E-state index contributed by atoms with van der Waals surface area (Å²) >= 11 is 0. The molecule has 0 radical (unpaired) electrons. The van der Waals surface area contributed by atoms with Crippen LogP contribution >= 0.6 is 0 Å². The zero-order valence-corrected chi connectivity index (χ0v) is 20.8. The molecule has 1 aliphatic heterocycles. The number of carbonyl (C=O) groups is 2. The lowest BCUT2D eigenvalue weighted by atomic mass is 9.85. The first-order valence-electron chi connectivity index (χ1n) is 12.0. The number of nitrogens with zero attached hydrogens (tertiary/aromatic N) is 1. The van der Waals surface area contributed by atoms with Crippen molar-refractivity contribution in [1.29, 1.82) is 0 Å². The number of halogens is 2. The van der Waals surface area contributed by atoms with Crippen molar-refractivity contribution >= 4 is 17.5 Å². The molecule has 2 amide bonds. The summed E-state index contributed by atoms with van der Waals surface area (Å²) in [5.41, 5.74) is 2.41. The highest BCUT2D eigenvalue weighted by molar-refractivity contribution is 5.94. The van der Waals surface area contributed by atoms with E-state index in [0.29, 0.717) is 30.0 Å². The number of hydrogen-bond donors (Lipinski definition) is 1. The Bertz CT molecular complexity index is 1270. The molecule has 0 aromatic heterocycles. The van der Waals surface area contributed by atoms with Crippen LogP contribution in [0.3, 0.4) is 0 Å². The van der Waals surface area contributed by atoms with E-state index in [9.17, 15) is 18.4 Å². The van der Waals surface area contributed by atoms with Crippen molar-refractivity contribution in [3.05, 3.63) is 95.1 Å². The van der Waals surface area contributed by atoms with Crippen LogP contribution in [0.4, 0.5) is 14.5 Å². The molecule has 3 aromatic carbocycles. The Hall–Kier alpha value is -3.74. The van der Waals surface area contributed by atoms with Gasteiger partial charge in [-0.1, -0.05) is 39.0 Å². The molecule has 0 saturated heterocycles. The van der Waals surface area contributed by atoms with Crippen molar-refractivity contribution in [1.82, 2.24) is 4.90 Å². The highest BCUT2D eigenvalue weighted by atomic mass is 19.1. The average molecular weight is 493 g/mol. The van der Waals surface area contributed by atoms with Crippen LogP contribution < -0.4 is 10.1 Å². The minimum absolute atomic E-state index is 0.0271. The Morgan fingerprint density at radius 3 is 2.39 bits per heavy atom. The molecule has 0 spiro atoms. The molecule has 3 aromatic rings. The fraction of sp³-hybridized carbons (Fsp3) is 0.310. The number of rotatable bonds is 5. The van der Waals surface area contributed by atoms with Gasteiger partial charge in [0.15, 0.2) is 6.10 Å². The molecular formula is C29H30F2N2O3. The molecular weight excluding hydrogens is 462 g/mol. The van der Waals surface area contributed by atoms with E-state index >= 15 is 0 Å².